The van der Waals surface area contributed by atoms with Crippen LogP contribution in [0.5, 0.6) is 0 Å². The number of amides is 1. The lowest BCUT2D eigenvalue weighted by molar-refractivity contribution is 0.0963. The lowest BCUT2D eigenvalue weighted by Crippen LogP contribution is -2.18. The number of fused-ring (bicyclic) bond motifs is 1. The Kier molecular flexibility index (Phi) is 4.92. The van der Waals surface area contributed by atoms with Crippen LogP contribution in [0.2, 0.25) is 10.0 Å². The number of rotatable bonds is 4. The molecule has 0 radical (unpaired) electrons. The fourth-order valence-electron chi connectivity index (χ4n) is 2.35. The summed E-state index contributed by atoms with van der Waals surface area (Å²) in [7, 11) is 1.56. The van der Waals surface area contributed by atoms with E-state index in [1.165, 1.54) is 16.7 Å². The van der Waals surface area contributed by atoms with Crippen molar-refractivity contribution in [2.24, 2.45) is 0 Å². The maximum Gasteiger partial charge on any atom is 0.258 e. The average Bonchev–Trinajstić information content (AvgIpc) is 2.61. The molecule has 0 fully saturated rings. The predicted octanol–water partition coefficient (Wildman–Crippen LogP) is 2.97. The molecule has 2 heterocycles. The van der Waals surface area contributed by atoms with Crippen molar-refractivity contribution in [2.45, 2.75) is 6.54 Å². The van der Waals surface area contributed by atoms with Crippen LogP contribution in [0.3, 0.4) is 0 Å². The van der Waals surface area contributed by atoms with Crippen molar-refractivity contribution < 1.29 is 4.79 Å². The average molecular weight is 377 g/mol. The number of halogens is 2. The molecule has 0 aliphatic rings. The zero-order valence-corrected chi connectivity index (χ0v) is 14.7. The third-order valence-electron chi connectivity index (χ3n) is 3.59. The van der Waals surface area contributed by atoms with E-state index in [0.717, 1.165) is 0 Å². The Morgan fingerprint density at radius 2 is 2.00 bits per heavy atom. The van der Waals surface area contributed by atoms with Crippen molar-refractivity contribution in [3.8, 4) is 0 Å². The van der Waals surface area contributed by atoms with E-state index < -0.39 is 0 Å². The van der Waals surface area contributed by atoms with Crippen LogP contribution in [0.25, 0.3) is 5.65 Å². The van der Waals surface area contributed by atoms with Gasteiger partial charge >= 0.3 is 0 Å². The highest BCUT2D eigenvalue weighted by atomic mass is 35.5. The molecule has 6 nitrogen and oxygen atoms in total. The number of hydrogen-bond acceptors (Lipinski definition) is 4. The summed E-state index contributed by atoms with van der Waals surface area (Å²) in [5.41, 5.74) is 1.89. The predicted molar refractivity (Wildman–Crippen MR) is 98.6 cm³/mol. The van der Waals surface area contributed by atoms with Gasteiger partial charge in [0.05, 0.1) is 28.0 Å². The van der Waals surface area contributed by atoms with E-state index in [1.54, 1.807) is 37.4 Å². The molecule has 1 aromatic carbocycles. The molecule has 0 saturated carbocycles. The van der Waals surface area contributed by atoms with Gasteiger partial charge in [-0.05, 0) is 30.3 Å². The molecule has 0 spiro atoms. The van der Waals surface area contributed by atoms with Crippen molar-refractivity contribution in [1.82, 2.24) is 14.7 Å². The Bertz CT molecular complexity index is 1020. The minimum atomic E-state index is -0.227. The summed E-state index contributed by atoms with van der Waals surface area (Å²) in [5, 5.41) is 6.59. The molecule has 0 aliphatic carbocycles. The first-order valence-corrected chi connectivity index (χ1v) is 8.17. The van der Waals surface area contributed by atoms with E-state index in [9.17, 15) is 9.59 Å². The molecule has 8 heteroatoms. The third-order valence-corrected chi connectivity index (χ3v) is 4.15. The first kappa shape index (κ1) is 17.3. The van der Waals surface area contributed by atoms with E-state index in [-0.39, 0.29) is 18.0 Å². The van der Waals surface area contributed by atoms with Gasteiger partial charge in [0, 0.05) is 24.9 Å². The van der Waals surface area contributed by atoms with E-state index in [1.807, 2.05) is 0 Å². The van der Waals surface area contributed by atoms with Crippen LogP contribution in [0.15, 0.2) is 47.4 Å². The van der Waals surface area contributed by atoms with Crippen LogP contribution < -0.4 is 16.2 Å². The summed E-state index contributed by atoms with van der Waals surface area (Å²) in [6, 6.07) is 9.69. The van der Waals surface area contributed by atoms with E-state index >= 15 is 0 Å². The number of carbonyl (C=O) groups excluding carboxylic acids is 1. The largest absolute Gasteiger partial charge is 0.378 e. The molecule has 2 aromatic heterocycles. The van der Waals surface area contributed by atoms with Crippen molar-refractivity contribution in [3.05, 3.63) is 74.3 Å². The first-order valence-electron chi connectivity index (χ1n) is 7.41. The summed E-state index contributed by atoms with van der Waals surface area (Å²) in [5.74, 6) is -0.210. The Balaban J connectivity index is 1.87. The van der Waals surface area contributed by atoms with Gasteiger partial charge in [0.15, 0.2) is 0 Å². The van der Waals surface area contributed by atoms with Gasteiger partial charge in [-0.1, -0.05) is 23.2 Å². The minimum Gasteiger partial charge on any atom is -0.378 e. The highest BCUT2D eigenvalue weighted by molar-refractivity contribution is 6.33. The van der Waals surface area contributed by atoms with Crippen molar-refractivity contribution in [3.63, 3.8) is 0 Å². The summed E-state index contributed by atoms with van der Waals surface area (Å²) < 4.78 is 1.38. The smallest absolute Gasteiger partial charge is 0.258 e. The van der Waals surface area contributed by atoms with Crippen LogP contribution in [0, 0.1) is 0 Å². The monoisotopic (exact) mass is 376 g/mol. The molecule has 3 aromatic rings. The Hall–Kier alpha value is -2.57. The molecular formula is C17H14Cl2N4O2. The number of benzene rings is 1. The van der Waals surface area contributed by atoms with Crippen LogP contribution in [0.1, 0.15) is 16.1 Å². The lowest BCUT2D eigenvalue weighted by atomic mass is 10.2. The van der Waals surface area contributed by atoms with Crippen LogP contribution >= 0.6 is 23.2 Å². The fourth-order valence-corrected chi connectivity index (χ4v) is 2.69. The second-order valence-corrected chi connectivity index (χ2v) is 6.13. The normalized spacial score (nSPS) is 10.7. The van der Waals surface area contributed by atoms with Crippen molar-refractivity contribution in [1.29, 1.82) is 0 Å². The summed E-state index contributed by atoms with van der Waals surface area (Å²) in [6.45, 7) is 0.283. The summed E-state index contributed by atoms with van der Waals surface area (Å²) in [6.07, 6.45) is 1.52. The standard InChI is InChI=1S/C17H14Cl2N4O2/c1-20-17(25)10-2-4-13(19)14(6-10)21-8-12-7-16(24)23-9-11(18)3-5-15(23)22-12/h2-7,9,21H,8H2,1H3,(H,20,25). The highest BCUT2D eigenvalue weighted by Gasteiger charge is 2.08. The van der Waals surface area contributed by atoms with Gasteiger partial charge in [0.2, 0.25) is 0 Å². The number of carbonyl (C=O) groups is 1. The Morgan fingerprint density at radius 3 is 2.76 bits per heavy atom. The number of pyridine rings is 1. The van der Waals surface area contributed by atoms with E-state index in [4.69, 9.17) is 23.2 Å². The van der Waals surface area contributed by atoms with Crippen molar-refractivity contribution >= 4 is 40.4 Å². The highest BCUT2D eigenvalue weighted by Crippen LogP contribution is 2.23. The summed E-state index contributed by atoms with van der Waals surface area (Å²) in [4.78, 5) is 28.3. The van der Waals surface area contributed by atoms with Gasteiger partial charge in [0.25, 0.3) is 11.5 Å². The molecule has 25 heavy (non-hydrogen) atoms. The molecule has 128 valence electrons. The lowest BCUT2D eigenvalue weighted by Gasteiger charge is -2.10. The van der Waals surface area contributed by atoms with E-state index in [2.05, 4.69) is 15.6 Å². The maximum absolute atomic E-state index is 12.2. The van der Waals surface area contributed by atoms with Crippen LogP contribution in [-0.2, 0) is 6.54 Å². The SMILES string of the molecule is CNC(=O)c1ccc(Cl)c(NCc2cc(=O)n3cc(Cl)ccc3n2)c1. The molecule has 3 rings (SSSR count). The van der Waals surface area contributed by atoms with Gasteiger partial charge in [-0.15, -0.1) is 0 Å². The molecule has 2 N–H and O–H groups in total. The van der Waals surface area contributed by atoms with Gasteiger partial charge in [-0.3, -0.25) is 14.0 Å². The quantitative estimate of drug-likeness (QED) is 0.733. The molecule has 0 aliphatic heterocycles. The molecule has 0 bridgehead atoms. The minimum absolute atomic E-state index is 0.210. The molecule has 0 saturated heterocycles. The van der Waals surface area contributed by atoms with Gasteiger partial charge < -0.3 is 10.6 Å². The zero-order chi connectivity index (χ0) is 18.0. The number of nitrogens with zero attached hydrogens (tertiary/aromatic N) is 2. The third kappa shape index (κ3) is 3.75. The second kappa shape index (κ2) is 7.13. The number of nitrogens with one attached hydrogen (secondary N) is 2. The van der Waals surface area contributed by atoms with Gasteiger partial charge in [-0.25, -0.2) is 4.98 Å². The molecule has 0 atom stereocenters. The zero-order valence-electron chi connectivity index (χ0n) is 13.2. The molecular weight excluding hydrogens is 363 g/mol. The summed E-state index contributed by atoms with van der Waals surface area (Å²) >= 11 is 12.1. The van der Waals surface area contributed by atoms with E-state index in [0.29, 0.717) is 32.6 Å². The molecule has 1 amide bonds. The van der Waals surface area contributed by atoms with Crippen LogP contribution in [-0.4, -0.2) is 22.3 Å². The Morgan fingerprint density at radius 1 is 1.20 bits per heavy atom. The van der Waals surface area contributed by atoms with Crippen LogP contribution in [0.4, 0.5) is 5.69 Å². The maximum atomic E-state index is 12.2. The van der Waals surface area contributed by atoms with Gasteiger partial charge in [-0.2, -0.15) is 0 Å². The number of hydrogen-bond donors (Lipinski definition) is 2. The molecule has 0 unspecified atom stereocenters. The fraction of sp³-hybridized carbons (Fsp3) is 0.118. The first-order chi connectivity index (χ1) is 12.0. The topological polar surface area (TPSA) is 75.5 Å². The number of anilines is 1. The number of aromatic nitrogens is 2. The van der Waals surface area contributed by atoms with Gasteiger partial charge in [0.1, 0.15) is 5.65 Å². The Labute approximate surface area is 153 Å². The second-order valence-electron chi connectivity index (χ2n) is 5.29. The van der Waals surface area contributed by atoms with Crippen molar-refractivity contribution in [2.75, 3.05) is 12.4 Å².